The summed E-state index contributed by atoms with van der Waals surface area (Å²) in [4.78, 5) is 37.8. The van der Waals surface area contributed by atoms with Crippen LogP contribution in [0.15, 0.2) is 24.3 Å². The highest BCUT2D eigenvalue weighted by Gasteiger charge is 2.48. The van der Waals surface area contributed by atoms with E-state index in [4.69, 9.17) is 11.6 Å². The van der Waals surface area contributed by atoms with Crippen LogP contribution in [0.4, 0.5) is 5.69 Å². The zero-order chi connectivity index (χ0) is 15.7. The first-order valence-corrected chi connectivity index (χ1v) is 7.84. The minimum atomic E-state index is -0.373. The van der Waals surface area contributed by atoms with Crippen molar-refractivity contribution in [2.45, 2.75) is 25.7 Å². The minimum Gasteiger partial charge on any atom is -0.325 e. The van der Waals surface area contributed by atoms with E-state index in [9.17, 15) is 14.4 Å². The molecule has 0 aromatic heterocycles. The number of carbonyl (C=O) groups is 3. The molecule has 0 bridgehead atoms. The molecule has 1 N–H and O–H groups in total. The molecule has 1 saturated carbocycles. The van der Waals surface area contributed by atoms with Crippen LogP contribution in [0.5, 0.6) is 0 Å². The van der Waals surface area contributed by atoms with Gasteiger partial charge in [0.05, 0.1) is 11.8 Å². The molecule has 5 nitrogen and oxygen atoms in total. The van der Waals surface area contributed by atoms with Crippen molar-refractivity contribution in [1.29, 1.82) is 0 Å². The van der Waals surface area contributed by atoms with E-state index in [0.29, 0.717) is 10.7 Å². The number of rotatable bonds is 3. The van der Waals surface area contributed by atoms with Crippen LogP contribution in [0.2, 0.25) is 5.02 Å². The molecule has 6 heteroatoms. The fraction of sp³-hybridized carbons (Fsp3) is 0.438. The van der Waals surface area contributed by atoms with Gasteiger partial charge >= 0.3 is 0 Å². The van der Waals surface area contributed by atoms with Crippen molar-refractivity contribution < 1.29 is 14.4 Å². The number of benzene rings is 1. The molecule has 1 saturated heterocycles. The number of hydrogen-bond acceptors (Lipinski definition) is 3. The molecule has 0 radical (unpaired) electrons. The number of halogens is 1. The van der Waals surface area contributed by atoms with Gasteiger partial charge in [-0.05, 0) is 37.1 Å². The van der Waals surface area contributed by atoms with Crippen LogP contribution in [0.25, 0.3) is 0 Å². The summed E-state index contributed by atoms with van der Waals surface area (Å²) in [6.45, 7) is -0.215. The van der Waals surface area contributed by atoms with Crippen molar-refractivity contribution in [3.05, 3.63) is 29.3 Å². The van der Waals surface area contributed by atoms with E-state index in [-0.39, 0.29) is 36.1 Å². The second kappa shape index (κ2) is 6.08. The maximum Gasteiger partial charge on any atom is 0.244 e. The number of amides is 3. The lowest BCUT2D eigenvalue weighted by Gasteiger charge is -2.19. The number of hydrogen-bond donors (Lipinski definition) is 1. The summed E-state index contributed by atoms with van der Waals surface area (Å²) in [7, 11) is 0. The van der Waals surface area contributed by atoms with Crippen molar-refractivity contribution in [3.8, 4) is 0 Å². The van der Waals surface area contributed by atoms with Crippen LogP contribution < -0.4 is 5.32 Å². The Kier molecular flexibility index (Phi) is 4.16. The molecule has 1 aliphatic carbocycles. The third-order valence-electron chi connectivity index (χ3n) is 4.36. The van der Waals surface area contributed by atoms with Gasteiger partial charge in [0.15, 0.2) is 0 Å². The maximum absolute atomic E-state index is 12.3. The number of nitrogens with one attached hydrogen (secondary N) is 1. The molecule has 1 aliphatic heterocycles. The molecule has 3 amide bonds. The Morgan fingerprint density at radius 2 is 1.64 bits per heavy atom. The number of anilines is 1. The highest BCUT2D eigenvalue weighted by Crippen LogP contribution is 2.37. The van der Waals surface area contributed by atoms with E-state index >= 15 is 0 Å². The average molecular weight is 321 g/mol. The first-order valence-electron chi connectivity index (χ1n) is 7.47. The van der Waals surface area contributed by atoms with Gasteiger partial charge in [0.1, 0.15) is 6.54 Å². The Balaban J connectivity index is 1.64. The van der Waals surface area contributed by atoms with Gasteiger partial charge in [-0.15, -0.1) is 0 Å². The molecule has 116 valence electrons. The lowest BCUT2D eigenvalue weighted by Crippen LogP contribution is -2.38. The van der Waals surface area contributed by atoms with Gasteiger partial charge < -0.3 is 5.32 Å². The summed E-state index contributed by atoms with van der Waals surface area (Å²) >= 11 is 5.78. The molecular weight excluding hydrogens is 304 g/mol. The number of likely N-dealkylation sites (tertiary alicyclic amines) is 1. The van der Waals surface area contributed by atoms with E-state index in [1.165, 1.54) is 0 Å². The summed E-state index contributed by atoms with van der Waals surface area (Å²) in [5.41, 5.74) is 0.589. The Labute approximate surface area is 133 Å². The molecule has 2 fully saturated rings. The molecule has 3 rings (SSSR count). The standard InChI is InChI=1S/C16H17ClN2O3/c17-10-5-7-11(8-6-10)18-14(20)9-19-15(21)12-3-1-2-4-13(12)16(19)22/h5-8,12-13H,1-4,9H2,(H,18,20)/t12-,13-/m0/s1. The molecule has 22 heavy (non-hydrogen) atoms. The van der Waals surface area contributed by atoms with Crippen molar-refractivity contribution in [2.75, 3.05) is 11.9 Å². The Bertz CT molecular complexity index is 590. The Morgan fingerprint density at radius 1 is 1.09 bits per heavy atom. The fourth-order valence-electron chi connectivity index (χ4n) is 3.26. The number of nitrogens with zero attached hydrogens (tertiary/aromatic N) is 1. The smallest absolute Gasteiger partial charge is 0.244 e. The van der Waals surface area contributed by atoms with Crippen molar-refractivity contribution in [3.63, 3.8) is 0 Å². The third kappa shape index (κ3) is 2.86. The molecule has 1 aromatic carbocycles. The molecule has 0 unspecified atom stereocenters. The maximum atomic E-state index is 12.3. The second-order valence-electron chi connectivity index (χ2n) is 5.82. The van der Waals surface area contributed by atoms with Crippen molar-refractivity contribution >= 4 is 35.0 Å². The van der Waals surface area contributed by atoms with Gasteiger partial charge in [-0.2, -0.15) is 0 Å². The van der Waals surface area contributed by atoms with Crippen molar-refractivity contribution in [1.82, 2.24) is 4.90 Å². The van der Waals surface area contributed by atoms with Gasteiger partial charge in [-0.1, -0.05) is 24.4 Å². The summed E-state index contributed by atoms with van der Waals surface area (Å²) < 4.78 is 0. The van der Waals surface area contributed by atoms with Crippen LogP contribution in [0, 0.1) is 11.8 Å². The summed E-state index contributed by atoms with van der Waals surface area (Å²) in [5, 5.41) is 3.25. The van der Waals surface area contributed by atoms with Crippen LogP contribution in [-0.4, -0.2) is 29.2 Å². The third-order valence-corrected chi connectivity index (χ3v) is 4.61. The Morgan fingerprint density at radius 3 is 2.18 bits per heavy atom. The number of fused-ring (bicyclic) bond motifs is 1. The zero-order valence-corrected chi connectivity index (χ0v) is 12.8. The van der Waals surface area contributed by atoms with E-state index in [1.54, 1.807) is 24.3 Å². The quantitative estimate of drug-likeness (QED) is 0.870. The number of carbonyl (C=O) groups excluding carboxylic acids is 3. The predicted octanol–water partition coefficient (Wildman–Crippen LogP) is 2.45. The second-order valence-corrected chi connectivity index (χ2v) is 6.25. The SMILES string of the molecule is O=C(CN1C(=O)[C@H]2CCCC[C@@H]2C1=O)Nc1ccc(Cl)cc1. The first kappa shape index (κ1) is 15.0. The lowest BCUT2D eigenvalue weighted by molar-refractivity contribution is -0.142. The highest BCUT2D eigenvalue weighted by molar-refractivity contribution is 6.30. The molecule has 2 atom stereocenters. The summed E-state index contributed by atoms with van der Waals surface area (Å²) in [6.07, 6.45) is 3.46. The van der Waals surface area contributed by atoms with Gasteiger partial charge in [0.2, 0.25) is 17.7 Å². The molecule has 1 heterocycles. The lowest BCUT2D eigenvalue weighted by atomic mass is 9.81. The Hall–Kier alpha value is -1.88. The zero-order valence-electron chi connectivity index (χ0n) is 12.0. The molecule has 1 aromatic rings. The van der Waals surface area contributed by atoms with E-state index < -0.39 is 0 Å². The molecular formula is C16H17ClN2O3. The van der Waals surface area contributed by atoms with Gasteiger partial charge in [0.25, 0.3) is 0 Å². The first-order chi connectivity index (χ1) is 10.6. The molecule has 0 spiro atoms. The van der Waals surface area contributed by atoms with E-state index in [0.717, 1.165) is 30.6 Å². The fourth-order valence-corrected chi connectivity index (χ4v) is 3.39. The van der Waals surface area contributed by atoms with Crippen LogP contribution in [0.3, 0.4) is 0 Å². The summed E-state index contributed by atoms with van der Waals surface area (Å²) in [6, 6.07) is 6.68. The van der Waals surface area contributed by atoms with Crippen molar-refractivity contribution in [2.24, 2.45) is 11.8 Å². The van der Waals surface area contributed by atoms with Crippen LogP contribution >= 0.6 is 11.6 Å². The predicted molar refractivity (Wildman–Crippen MR) is 82.2 cm³/mol. The normalized spacial score (nSPS) is 24.3. The largest absolute Gasteiger partial charge is 0.325 e. The van der Waals surface area contributed by atoms with Gasteiger partial charge in [-0.3, -0.25) is 19.3 Å². The monoisotopic (exact) mass is 320 g/mol. The number of imide groups is 1. The van der Waals surface area contributed by atoms with E-state index in [2.05, 4.69) is 5.32 Å². The van der Waals surface area contributed by atoms with E-state index in [1.807, 2.05) is 0 Å². The van der Waals surface area contributed by atoms with Gasteiger partial charge in [-0.25, -0.2) is 0 Å². The average Bonchev–Trinajstić information content (AvgIpc) is 2.75. The molecule has 2 aliphatic rings. The van der Waals surface area contributed by atoms with Crippen LogP contribution in [-0.2, 0) is 14.4 Å². The van der Waals surface area contributed by atoms with Crippen LogP contribution in [0.1, 0.15) is 25.7 Å². The summed E-state index contributed by atoms with van der Waals surface area (Å²) in [5.74, 6) is -1.20. The van der Waals surface area contributed by atoms with Gasteiger partial charge in [0, 0.05) is 10.7 Å². The topological polar surface area (TPSA) is 66.5 Å². The highest BCUT2D eigenvalue weighted by atomic mass is 35.5. The minimum absolute atomic E-state index is 0.194.